The molecule has 0 aromatic carbocycles. The summed E-state index contributed by atoms with van der Waals surface area (Å²) in [7, 11) is 0. The monoisotopic (exact) mass is 361 g/mol. The van der Waals surface area contributed by atoms with Gasteiger partial charge in [-0.25, -0.2) is 4.79 Å². The molecule has 1 aromatic heterocycles. The Balaban J connectivity index is 1.44. The fraction of sp³-hybridized carbons (Fsp3) is 0.684. The Labute approximate surface area is 153 Å². The summed E-state index contributed by atoms with van der Waals surface area (Å²) < 4.78 is 10.6. The number of hydrogen-bond donors (Lipinski definition) is 1. The van der Waals surface area contributed by atoms with Crippen molar-refractivity contribution < 1.29 is 18.7 Å². The average molecular weight is 361 g/mol. The van der Waals surface area contributed by atoms with Crippen LogP contribution in [0.15, 0.2) is 23.0 Å². The minimum absolute atomic E-state index is 0.0120. The van der Waals surface area contributed by atoms with E-state index in [0.717, 1.165) is 58.5 Å². The maximum Gasteiger partial charge on any atom is 0.317 e. The Morgan fingerprint density at radius 3 is 2.65 bits per heavy atom. The number of rotatable bonds is 3. The van der Waals surface area contributed by atoms with Crippen molar-refractivity contribution in [2.75, 3.05) is 45.9 Å². The highest BCUT2D eigenvalue weighted by Crippen LogP contribution is 2.44. The van der Waals surface area contributed by atoms with Gasteiger partial charge in [0, 0.05) is 51.9 Å². The van der Waals surface area contributed by atoms with Crippen LogP contribution in [0.4, 0.5) is 4.79 Å². The van der Waals surface area contributed by atoms with Crippen molar-refractivity contribution in [1.82, 2.24) is 15.1 Å². The van der Waals surface area contributed by atoms with E-state index in [4.69, 9.17) is 9.15 Å². The zero-order valence-corrected chi connectivity index (χ0v) is 15.1. The lowest BCUT2D eigenvalue weighted by atomic mass is 9.72. The van der Waals surface area contributed by atoms with Crippen LogP contribution in [0, 0.1) is 11.3 Å². The Morgan fingerprint density at radius 1 is 1.19 bits per heavy atom. The summed E-state index contributed by atoms with van der Waals surface area (Å²) in [6.07, 6.45) is 7.08. The van der Waals surface area contributed by atoms with Crippen molar-refractivity contribution in [1.29, 1.82) is 0 Å². The van der Waals surface area contributed by atoms with E-state index >= 15 is 0 Å². The molecule has 1 unspecified atom stereocenters. The maximum absolute atomic E-state index is 12.8. The number of nitrogens with zero attached hydrogens (tertiary/aromatic N) is 2. The van der Waals surface area contributed by atoms with Crippen LogP contribution in [0.2, 0.25) is 0 Å². The number of likely N-dealkylation sites (tertiary alicyclic amines) is 2. The quantitative estimate of drug-likeness (QED) is 0.893. The predicted octanol–water partition coefficient (Wildman–Crippen LogP) is 1.95. The van der Waals surface area contributed by atoms with Gasteiger partial charge in [0.15, 0.2) is 0 Å². The molecular weight excluding hydrogens is 334 g/mol. The van der Waals surface area contributed by atoms with Crippen molar-refractivity contribution in [2.45, 2.75) is 25.7 Å². The van der Waals surface area contributed by atoms with E-state index in [1.807, 2.05) is 9.80 Å². The van der Waals surface area contributed by atoms with Crippen LogP contribution in [0.25, 0.3) is 0 Å². The normalized spacial score (nSPS) is 25.0. The minimum Gasteiger partial charge on any atom is -0.472 e. The number of amides is 3. The van der Waals surface area contributed by atoms with Crippen LogP contribution in [0.3, 0.4) is 0 Å². The molecule has 0 saturated carbocycles. The summed E-state index contributed by atoms with van der Waals surface area (Å²) in [4.78, 5) is 28.9. The summed E-state index contributed by atoms with van der Waals surface area (Å²) in [5.74, 6) is 0.270. The summed E-state index contributed by atoms with van der Waals surface area (Å²) in [6, 6.07) is 1.74. The lowest BCUT2D eigenvalue weighted by molar-refractivity contribution is 0.000274. The van der Waals surface area contributed by atoms with Crippen LogP contribution >= 0.6 is 0 Å². The molecule has 0 bridgehead atoms. The molecule has 1 N–H and O–H groups in total. The third-order valence-electron chi connectivity index (χ3n) is 6.25. The van der Waals surface area contributed by atoms with Crippen LogP contribution in [0.1, 0.15) is 36.0 Å². The summed E-state index contributed by atoms with van der Waals surface area (Å²) in [6.45, 7) is 5.16. The average Bonchev–Trinajstić information content (AvgIpc) is 3.41. The molecule has 0 radical (unpaired) electrons. The van der Waals surface area contributed by atoms with E-state index in [9.17, 15) is 9.59 Å². The lowest BCUT2D eigenvalue weighted by Crippen LogP contribution is -2.45. The Morgan fingerprint density at radius 2 is 1.96 bits per heavy atom. The molecule has 7 heteroatoms. The zero-order chi connectivity index (χ0) is 18.0. The van der Waals surface area contributed by atoms with E-state index < -0.39 is 0 Å². The SMILES string of the molecule is O=C(NCC1CN(C(=O)c2ccoc2)CC12CCOCC2)N1CCCC1. The number of ether oxygens (including phenoxy) is 1. The number of carbonyl (C=O) groups is 2. The molecule has 7 nitrogen and oxygen atoms in total. The third-order valence-corrected chi connectivity index (χ3v) is 6.25. The standard InChI is InChI=1S/C19H27N3O4/c23-17(15-3-8-26-13-15)22-12-16(19(14-22)4-9-25-10-5-19)11-20-18(24)21-6-1-2-7-21/h3,8,13,16H,1-2,4-7,9-12,14H2,(H,20,24). The molecule has 3 aliphatic heterocycles. The first kappa shape index (κ1) is 17.4. The van der Waals surface area contributed by atoms with Crippen LogP contribution in [-0.2, 0) is 4.74 Å². The molecule has 3 saturated heterocycles. The second kappa shape index (κ2) is 7.31. The van der Waals surface area contributed by atoms with Gasteiger partial charge in [0.1, 0.15) is 6.26 Å². The fourth-order valence-corrected chi connectivity index (χ4v) is 4.62. The molecule has 1 atom stereocenters. The largest absolute Gasteiger partial charge is 0.472 e. The van der Waals surface area contributed by atoms with Gasteiger partial charge >= 0.3 is 6.03 Å². The maximum atomic E-state index is 12.8. The van der Waals surface area contributed by atoms with Gasteiger partial charge < -0.3 is 24.3 Å². The minimum atomic E-state index is 0.0120. The summed E-state index contributed by atoms with van der Waals surface area (Å²) in [5.41, 5.74) is 0.629. The topological polar surface area (TPSA) is 75.0 Å². The van der Waals surface area contributed by atoms with Gasteiger partial charge in [-0.2, -0.15) is 0 Å². The molecule has 0 aliphatic carbocycles. The number of carbonyl (C=O) groups excluding carboxylic acids is 2. The smallest absolute Gasteiger partial charge is 0.317 e. The van der Waals surface area contributed by atoms with Crippen LogP contribution < -0.4 is 5.32 Å². The molecule has 3 amide bonds. The molecule has 1 spiro atoms. The van der Waals surface area contributed by atoms with Gasteiger partial charge in [0.25, 0.3) is 5.91 Å². The zero-order valence-electron chi connectivity index (χ0n) is 15.1. The first-order valence-electron chi connectivity index (χ1n) is 9.60. The first-order valence-corrected chi connectivity index (χ1v) is 9.60. The Bertz CT molecular complexity index is 633. The van der Waals surface area contributed by atoms with Gasteiger partial charge in [-0.1, -0.05) is 0 Å². The highest BCUT2D eigenvalue weighted by Gasteiger charge is 2.48. The molecule has 3 fully saturated rings. The van der Waals surface area contributed by atoms with Crippen molar-refractivity contribution in [3.63, 3.8) is 0 Å². The number of furan rings is 1. The Hall–Kier alpha value is -2.02. The van der Waals surface area contributed by atoms with Gasteiger partial charge in [-0.3, -0.25) is 4.79 Å². The van der Waals surface area contributed by atoms with Crippen molar-refractivity contribution >= 4 is 11.9 Å². The fourth-order valence-electron chi connectivity index (χ4n) is 4.62. The van der Waals surface area contributed by atoms with Crippen molar-refractivity contribution in [2.24, 2.45) is 11.3 Å². The van der Waals surface area contributed by atoms with E-state index in [0.29, 0.717) is 18.7 Å². The second-order valence-electron chi connectivity index (χ2n) is 7.75. The summed E-state index contributed by atoms with van der Waals surface area (Å²) in [5, 5.41) is 3.12. The van der Waals surface area contributed by atoms with Gasteiger partial charge in [0.05, 0.1) is 11.8 Å². The third kappa shape index (κ3) is 3.32. The first-order chi connectivity index (χ1) is 12.7. The van der Waals surface area contributed by atoms with E-state index in [1.54, 1.807) is 6.07 Å². The summed E-state index contributed by atoms with van der Waals surface area (Å²) >= 11 is 0. The molecule has 4 rings (SSSR count). The number of nitrogens with one attached hydrogen (secondary N) is 1. The number of urea groups is 1. The highest BCUT2D eigenvalue weighted by molar-refractivity contribution is 5.94. The number of hydrogen-bond acceptors (Lipinski definition) is 4. The van der Waals surface area contributed by atoms with Gasteiger partial charge in [0.2, 0.25) is 0 Å². The predicted molar refractivity (Wildman–Crippen MR) is 94.8 cm³/mol. The molecular formula is C19H27N3O4. The molecule has 4 heterocycles. The van der Waals surface area contributed by atoms with E-state index in [1.165, 1.54) is 12.5 Å². The van der Waals surface area contributed by atoms with E-state index in [2.05, 4.69) is 5.32 Å². The second-order valence-corrected chi connectivity index (χ2v) is 7.75. The van der Waals surface area contributed by atoms with Gasteiger partial charge in [-0.15, -0.1) is 0 Å². The van der Waals surface area contributed by atoms with E-state index in [-0.39, 0.29) is 23.3 Å². The molecule has 26 heavy (non-hydrogen) atoms. The van der Waals surface area contributed by atoms with Crippen molar-refractivity contribution in [3.05, 3.63) is 24.2 Å². The Kier molecular flexibility index (Phi) is 4.89. The molecule has 142 valence electrons. The lowest BCUT2D eigenvalue weighted by Gasteiger charge is -2.38. The van der Waals surface area contributed by atoms with Crippen LogP contribution in [0.5, 0.6) is 0 Å². The van der Waals surface area contributed by atoms with Crippen LogP contribution in [-0.4, -0.2) is 67.7 Å². The van der Waals surface area contributed by atoms with Gasteiger partial charge in [-0.05, 0) is 37.2 Å². The van der Waals surface area contributed by atoms with Crippen molar-refractivity contribution in [3.8, 4) is 0 Å². The molecule has 1 aromatic rings. The molecule has 3 aliphatic rings. The highest BCUT2D eigenvalue weighted by atomic mass is 16.5.